The number of likely N-dealkylation sites (tertiary alicyclic amines) is 1. The molecule has 1 aliphatic rings. The van der Waals surface area contributed by atoms with E-state index >= 15 is 0 Å². The van der Waals surface area contributed by atoms with Gasteiger partial charge in [-0.2, -0.15) is 13.2 Å². The zero-order valence-electron chi connectivity index (χ0n) is 10.6. The summed E-state index contributed by atoms with van der Waals surface area (Å²) in [7, 11) is 0. The molecule has 0 aromatic carbocycles. The van der Waals surface area contributed by atoms with Crippen LogP contribution in [0.2, 0.25) is 0 Å². The van der Waals surface area contributed by atoms with Crippen LogP contribution in [0, 0.1) is 0 Å². The van der Waals surface area contributed by atoms with Gasteiger partial charge in [-0.15, -0.1) is 0 Å². The Hall–Kier alpha value is -1.31. The Morgan fingerprint density at radius 2 is 1.63 bits per heavy atom. The summed E-state index contributed by atoms with van der Waals surface area (Å²) < 4.78 is 35.5. The summed E-state index contributed by atoms with van der Waals surface area (Å²) in [5, 5.41) is 3.48. The minimum Gasteiger partial charge on any atom is -0.329 e. The van der Waals surface area contributed by atoms with Crippen molar-refractivity contribution >= 4 is 11.9 Å². The molecule has 1 saturated heterocycles. The van der Waals surface area contributed by atoms with Crippen LogP contribution in [-0.2, 0) is 4.79 Å². The molecule has 8 heteroatoms. The third-order valence-corrected chi connectivity index (χ3v) is 2.77. The largest absolute Gasteiger partial charge is 0.405 e. The summed E-state index contributed by atoms with van der Waals surface area (Å²) in [6, 6.07) is -1.11. The van der Waals surface area contributed by atoms with Gasteiger partial charge in [-0.1, -0.05) is 12.8 Å². The smallest absolute Gasteiger partial charge is 0.329 e. The van der Waals surface area contributed by atoms with Gasteiger partial charge in [0, 0.05) is 0 Å². The first-order valence-corrected chi connectivity index (χ1v) is 6.23. The van der Waals surface area contributed by atoms with Crippen LogP contribution in [0.3, 0.4) is 0 Å². The van der Waals surface area contributed by atoms with E-state index in [1.807, 2.05) is 10.2 Å². The number of imide groups is 1. The standard InChI is InChI=1S/C11H18F3N3O2/c12-11(13,14)8-15-10(19)16-9(18)7-17-5-3-1-2-4-6-17/h1-8H2,(H2,15,16,18,19). The molecule has 0 aromatic heterocycles. The molecule has 0 spiro atoms. The first-order chi connectivity index (χ1) is 8.87. The SMILES string of the molecule is O=C(CN1CCCCCC1)NC(=O)NCC(F)(F)F. The van der Waals surface area contributed by atoms with Crippen molar-refractivity contribution in [2.75, 3.05) is 26.2 Å². The van der Waals surface area contributed by atoms with Crippen LogP contribution in [0.25, 0.3) is 0 Å². The summed E-state index contributed by atoms with van der Waals surface area (Å²) in [4.78, 5) is 24.4. The Morgan fingerprint density at radius 1 is 1.05 bits per heavy atom. The minimum atomic E-state index is -4.48. The number of urea groups is 1. The van der Waals surface area contributed by atoms with E-state index in [-0.39, 0.29) is 6.54 Å². The Morgan fingerprint density at radius 3 is 2.16 bits per heavy atom. The number of nitrogens with one attached hydrogen (secondary N) is 2. The molecule has 0 bridgehead atoms. The van der Waals surface area contributed by atoms with Crippen molar-refractivity contribution in [2.24, 2.45) is 0 Å². The first-order valence-electron chi connectivity index (χ1n) is 6.23. The summed E-state index contributed by atoms with van der Waals surface area (Å²) >= 11 is 0. The quantitative estimate of drug-likeness (QED) is 0.818. The maximum Gasteiger partial charge on any atom is 0.405 e. The zero-order chi connectivity index (χ0) is 14.3. The molecule has 1 rings (SSSR count). The minimum absolute atomic E-state index is 0.0411. The van der Waals surface area contributed by atoms with E-state index in [2.05, 4.69) is 0 Å². The number of amides is 3. The van der Waals surface area contributed by atoms with Crippen molar-refractivity contribution in [3.05, 3.63) is 0 Å². The maximum atomic E-state index is 11.8. The van der Waals surface area contributed by atoms with Gasteiger partial charge in [0.15, 0.2) is 0 Å². The molecular formula is C11H18F3N3O2. The summed E-state index contributed by atoms with van der Waals surface area (Å²) in [5.74, 6) is -0.582. The molecule has 1 heterocycles. The van der Waals surface area contributed by atoms with Crippen LogP contribution in [0.5, 0.6) is 0 Å². The first kappa shape index (κ1) is 15.7. The normalized spacial score (nSPS) is 17.6. The average Bonchev–Trinajstić information content (AvgIpc) is 2.54. The fraction of sp³-hybridized carbons (Fsp3) is 0.818. The van der Waals surface area contributed by atoms with Crippen molar-refractivity contribution in [1.82, 2.24) is 15.5 Å². The van der Waals surface area contributed by atoms with Gasteiger partial charge in [-0.3, -0.25) is 15.0 Å². The highest BCUT2D eigenvalue weighted by Gasteiger charge is 2.28. The van der Waals surface area contributed by atoms with Crippen LogP contribution in [0.4, 0.5) is 18.0 Å². The van der Waals surface area contributed by atoms with Gasteiger partial charge < -0.3 is 5.32 Å². The topological polar surface area (TPSA) is 61.4 Å². The van der Waals surface area contributed by atoms with Crippen LogP contribution < -0.4 is 10.6 Å². The average molecular weight is 281 g/mol. The second kappa shape index (κ2) is 7.32. The number of rotatable bonds is 3. The molecule has 1 aliphatic heterocycles. The van der Waals surface area contributed by atoms with E-state index in [4.69, 9.17) is 0 Å². The molecule has 3 amide bonds. The number of carbonyl (C=O) groups is 2. The lowest BCUT2D eigenvalue weighted by Crippen LogP contribution is -2.46. The number of halogens is 3. The second-order valence-electron chi connectivity index (χ2n) is 4.54. The highest BCUT2D eigenvalue weighted by molar-refractivity contribution is 5.95. The van der Waals surface area contributed by atoms with Gasteiger partial charge in [0.25, 0.3) is 0 Å². The highest BCUT2D eigenvalue weighted by Crippen LogP contribution is 2.12. The van der Waals surface area contributed by atoms with Crippen LogP contribution >= 0.6 is 0 Å². The van der Waals surface area contributed by atoms with Crippen LogP contribution in [0.1, 0.15) is 25.7 Å². The third-order valence-electron chi connectivity index (χ3n) is 2.77. The van der Waals surface area contributed by atoms with E-state index in [1.54, 1.807) is 5.32 Å². The summed E-state index contributed by atoms with van der Waals surface area (Å²) in [5.41, 5.74) is 0. The van der Waals surface area contributed by atoms with Gasteiger partial charge in [-0.25, -0.2) is 4.79 Å². The number of nitrogens with zero attached hydrogens (tertiary/aromatic N) is 1. The van der Waals surface area contributed by atoms with E-state index in [0.717, 1.165) is 38.8 Å². The molecule has 0 atom stereocenters. The molecule has 19 heavy (non-hydrogen) atoms. The molecule has 5 nitrogen and oxygen atoms in total. The summed E-state index contributed by atoms with van der Waals surface area (Å²) in [6.45, 7) is 0.143. The van der Waals surface area contributed by atoms with E-state index in [1.165, 1.54) is 0 Å². The molecule has 0 aromatic rings. The number of hydrogen-bond donors (Lipinski definition) is 2. The predicted molar refractivity (Wildman–Crippen MR) is 62.5 cm³/mol. The molecule has 1 fully saturated rings. The third kappa shape index (κ3) is 7.66. The molecule has 0 saturated carbocycles. The lowest BCUT2D eigenvalue weighted by molar-refractivity contribution is -0.125. The Kier molecular flexibility index (Phi) is 6.07. The van der Waals surface area contributed by atoms with Crippen LogP contribution in [-0.4, -0.2) is 49.2 Å². The fourth-order valence-electron chi connectivity index (χ4n) is 1.89. The maximum absolute atomic E-state index is 11.8. The van der Waals surface area contributed by atoms with Crippen molar-refractivity contribution in [1.29, 1.82) is 0 Å². The fourth-order valence-corrected chi connectivity index (χ4v) is 1.89. The van der Waals surface area contributed by atoms with Crippen molar-refractivity contribution in [2.45, 2.75) is 31.9 Å². The van der Waals surface area contributed by atoms with Gasteiger partial charge in [0.05, 0.1) is 6.54 Å². The molecular weight excluding hydrogens is 263 g/mol. The molecule has 0 radical (unpaired) electrons. The lowest BCUT2D eigenvalue weighted by atomic mass is 10.2. The molecule has 110 valence electrons. The number of alkyl halides is 3. The van der Waals surface area contributed by atoms with Gasteiger partial charge in [0.1, 0.15) is 6.54 Å². The van der Waals surface area contributed by atoms with Crippen LogP contribution in [0.15, 0.2) is 0 Å². The monoisotopic (exact) mass is 281 g/mol. The summed E-state index contributed by atoms with van der Waals surface area (Å²) in [6.07, 6.45) is -0.263. The number of carbonyl (C=O) groups excluding carboxylic acids is 2. The second-order valence-corrected chi connectivity index (χ2v) is 4.54. The Labute approximate surface area is 109 Å². The highest BCUT2D eigenvalue weighted by atomic mass is 19.4. The van der Waals surface area contributed by atoms with Gasteiger partial charge in [0.2, 0.25) is 5.91 Å². The zero-order valence-corrected chi connectivity index (χ0v) is 10.6. The van der Waals surface area contributed by atoms with Gasteiger partial charge >= 0.3 is 12.2 Å². The Balaban J connectivity index is 2.24. The van der Waals surface area contributed by atoms with E-state index in [0.29, 0.717) is 0 Å². The van der Waals surface area contributed by atoms with Gasteiger partial charge in [-0.05, 0) is 25.9 Å². The van der Waals surface area contributed by atoms with Crippen molar-refractivity contribution in [3.8, 4) is 0 Å². The molecule has 0 aliphatic carbocycles. The predicted octanol–water partition coefficient (Wildman–Crippen LogP) is 1.25. The Bertz CT molecular complexity index is 313. The molecule has 0 unspecified atom stereocenters. The van der Waals surface area contributed by atoms with Crippen molar-refractivity contribution in [3.63, 3.8) is 0 Å². The lowest BCUT2D eigenvalue weighted by Gasteiger charge is -2.18. The van der Waals surface area contributed by atoms with E-state index < -0.39 is 24.7 Å². The molecule has 2 N–H and O–H groups in total. The van der Waals surface area contributed by atoms with Crippen molar-refractivity contribution < 1.29 is 22.8 Å². The number of hydrogen-bond acceptors (Lipinski definition) is 3. The van der Waals surface area contributed by atoms with E-state index in [9.17, 15) is 22.8 Å².